The van der Waals surface area contributed by atoms with Gasteiger partial charge in [0.05, 0.1) is 22.7 Å². The SMILES string of the molecule is O=C1[C@H]2[C@H](ON(c3ccccc3)[C@@H]2c2ccc(F)c(Br)c2)C(=O)N1Cc1ccccc1. The summed E-state index contributed by atoms with van der Waals surface area (Å²) in [7, 11) is 0. The van der Waals surface area contributed by atoms with Crippen molar-refractivity contribution in [2.75, 3.05) is 5.06 Å². The molecule has 0 unspecified atom stereocenters. The molecule has 2 fully saturated rings. The molecule has 0 aliphatic carbocycles. The van der Waals surface area contributed by atoms with Gasteiger partial charge in [-0.2, -0.15) is 0 Å². The van der Waals surface area contributed by atoms with E-state index in [0.717, 1.165) is 11.3 Å². The van der Waals surface area contributed by atoms with E-state index in [0.29, 0.717) is 10.0 Å². The second kappa shape index (κ2) is 7.90. The molecule has 2 amide bonds. The Morgan fingerprint density at radius 3 is 2.26 bits per heavy atom. The summed E-state index contributed by atoms with van der Waals surface area (Å²) >= 11 is 3.23. The molecule has 31 heavy (non-hydrogen) atoms. The van der Waals surface area contributed by atoms with E-state index in [1.807, 2.05) is 60.7 Å². The van der Waals surface area contributed by atoms with Crippen LogP contribution >= 0.6 is 15.9 Å². The zero-order valence-corrected chi connectivity index (χ0v) is 17.9. The highest BCUT2D eigenvalue weighted by Crippen LogP contribution is 2.47. The van der Waals surface area contributed by atoms with Crippen molar-refractivity contribution >= 4 is 33.4 Å². The number of hydrogen-bond donors (Lipinski definition) is 0. The Hall–Kier alpha value is -3.03. The molecule has 2 saturated heterocycles. The number of amides is 2. The number of rotatable bonds is 4. The highest BCUT2D eigenvalue weighted by molar-refractivity contribution is 9.10. The van der Waals surface area contributed by atoms with Gasteiger partial charge in [0.15, 0.2) is 6.10 Å². The highest BCUT2D eigenvalue weighted by Gasteiger charge is 2.59. The Labute approximate surface area is 187 Å². The molecule has 156 valence electrons. The van der Waals surface area contributed by atoms with E-state index in [4.69, 9.17) is 4.84 Å². The number of hydrogen-bond acceptors (Lipinski definition) is 4. The molecule has 0 aromatic heterocycles. The molecule has 2 aliphatic rings. The van der Waals surface area contributed by atoms with Gasteiger partial charge in [0, 0.05) is 0 Å². The normalized spacial score (nSPS) is 22.8. The average molecular weight is 481 g/mol. The molecule has 2 aliphatic heterocycles. The van der Waals surface area contributed by atoms with Crippen molar-refractivity contribution < 1.29 is 18.8 Å². The van der Waals surface area contributed by atoms with Crippen LogP contribution in [0, 0.1) is 11.7 Å². The molecular formula is C24H18BrFN2O3. The molecule has 2 heterocycles. The molecule has 5 nitrogen and oxygen atoms in total. The first kappa shape index (κ1) is 19.9. The Kier molecular flexibility index (Phi) is 5.08. The maximum absolute atomic E-state index is 13.9. The molecule has 0 bridgehead atoms. The van der Waals surface area contributed by atoms with Gasteiger partial charge in [-0.3, -0.25) is 19.3 Å². The van der Waals surface area contributed by atoms with Crippen LogP contribution in [0.2, 0.25) is 0 Å². The van der Waals surface area contributed by atoms with Gasteiger partial charge in [-0.05, 0) is 51.3 Å². The number of hydroxylamine groups is 1. The van der Waals surface area contributed by atoms with Crippen molar-refractivity contribution in [2.45, 2.75) is 18.7 Å². The van der Waals surface area contributed by atoms with Crippen molar-refractivity contribution in [3.05, 3.63) is 100 Å². The molecule has 3 atom stereocenters. The monoisotopic (exact) mass is 480 g/mol. The van der Waals surface area contributed by atoms with Crippen LogP contribution in [0.4, 0.5) is 10.1 Å². The lowest BCUT2D eigenvalue weighted by Crippen LogP contribution is -2.36. The van der Waals surface area contributed by atoms with E-state index in [1.165, 1.54) is 11.0 Å². The summed E-state index contributed by atoms with van der Waals surface area (Å²) in [4.78, 5) is 33.9. The summed E-state index contributed by atoms with van der Waals surface area (Å²) in [6.07, 6.45) is -0.926. The predicted molar refractivity (Wildman–Crippen MR) is 116 cm³/mol. The van der Waals surface area contributed by atoms with Crippen LogP contribution in [-0.4, -0.2) is 22.8 Å². The third-order valence-electron chi connectivity index (χ3n) is 5.69. The summed E-state index contributed by atoms with van der Waals surface area (Å²) in [6, 6.07) is 22.7. The van der Waals surface area contributed by atoms with E-state index in [-0.39, 0.29) is 18.4 Å². The first-order chi connectivity index (χ1) is 15.0. The predicted octanol–water partition coefficient (Wildman–Crippen LogP) is 4.63. The van der Waals surface area contributed by atoms with Gasteiger partial charge in [0.1, 0.15) is 11.7 Å². The summed E-state index contributed by atoms with van der Waals surface area (Å²) in [5.41, 5.74) is 2.27. The number of carbonyl (C=O) groups excluding carboxylic acids is 2. The van der Waals surface area contributed by atoms with Crippen LogP contribution in [-0.2, 0) is 21.0 Å². The van der Waals surface area contributed by atoms with Gasteiger partial charge < -0.3 is 0 Å². The number of imide groups is 1. The third-order valence-corrected chi connectivity index (χ3v) is 6.29. The number of nitrogens with zero attached hydrogens (tertiary/aromatic N) is 2. The molecular weight excluding hydrogens is 463 g/mol. The second-order valence-corrected chi connectivity index (χ2v) is 8.43. The van der Waals surface area contributed by atoms with E-state index >= 15 is 0 Å². The number of likely N-dealkylation sites (tertiary alicyclic amines) is 1. The zero-order valence-electron chi connectivity index (χ0n) is 16.3. The van der Waals surface area contributed by atoms with Crippen molar-refractivity contribution in [1.29, 1.82) is 0 Å². The Morgan fingerprint density at radius 2 is 1.58 bits per heavy atom. The van der Waals surface area contributed by atoms with Crippen LogP contribution in [0.5, 0.6) is 0 Å². The molecule has 0 saturated carbocycles. The fraction of sp³-hybridized carbons (Fsp3) is 0.167. The van der Waals surface area contributed by atoms with Crippen molar-refractivity contribution in [3.63, 3.8) is 0 Å². The average Bonchev–Trinajstić information content (AvgIpc) is 3.29. The number of benzene rings is 3. The van der Waals surface area contributed by atoms with Crippen molar-refractivity contribution in [1.82, 2.24) is 4.90 Å². The molecule has 7 heteroatoms. The topological polar surface area (TPSA) is 49.9 Å². The molecule has 3 aromatic carbocycles. The van der Waals surface area contributed by atoms with E-state index < -0.39 is 23.9 Å². The summed E-state index contributed by atoms with van der Waals surface area (Å²) < 4.78 is 14.2. The van der Waals surface area contributed by atoms with Gasteiger partial charge in [0.2, 0.25) is 5.91 Å². The first-order valence-corrected chi connectivity index (χ1v) is 10.7. The maximum Gasteiger partial charge on any atom is 0.262 e. The fourth-order valence-electron chi connectivity index (χ4n) is 4.23. The van der Waals surface area contributed by atoms with Crippen LogP contribution in [0.1, 0.15) is 17.2 Å². The number of anilines is 1. The number of carbonyl (C=O) groups is 2. The lowest BCUT2D eigenvalue weighted by Gasteiger charge is -2.29. The Bertz CT molecular complexity index is 1140. The van der Waals surface area contributed by atoms with Crippen LogP contribution < -0.4 is 5.06 Å². The van der Waals surface area contributed by atoms with Gasteiger partial charge in [-0.15, -0.1) is 0 Å². The van der Waals surface area contributed by atoms with Gasteiger partial charge in [-0.1, -0.05) is 54.6 Å². The molecule has 3 aromatic rings. The van der Waals surface area contributed by atoms with Gasteiger partial charge >= 0.3 is 0 Å². The summed E-state index contributed by atoms with van der Waals surface area (Å²) in [6.45, 7) is 0.194. The van der Waals surface area contributed by atoms with Crippen molar-refractivity contribution in [3.8, 4) is 0 Å². The molecule has 5 rings (SSSR count). The summed E-state index contributed by atoms with van der Waals surface area (Å²) in [5, 5.41) is 1.60. The number of fused-ring (bicyclic) bond motifs is 1. The third kappa shape index (κ3) is 3.43. The van der Waals surface area contributed by atoms with Crippen molar-refractivity contribution in [2.24, 2.45) is 5.92 Å². The van der Waals surface area contributed by atoms with Crippen LogP contribution in [0.25, 0.3) is 0 Å². The van der Waals surface area contributed by atoms with E-state index in [2.05, 4.69) is 15.9 Å². The molecule has 0 spiro atoms. The number of para-hydroxylation sites is 1. The van der Waals surface area contributed by atoms with E-state index in [9.17, 15) is 14.0 Å². The summed E-state index contributed by atoms with van der Waals surface area (Å²) in [5.74, 6) is -1.77. The van der Waals surface area contributed by atoms with Gasteiger partial charge in [0.25, 0.3) is 5.91 Å². The zero-order chi connectivity index (χ0) is 21.5. The maximum atomic E-state index is 13.9. The van der Waals surface area contributed by atoms with Crippen LogP contribution in [0.15, 0.2) is 83.3 Å². The minimum Gasteiger partial charge on any atom is -0.275 e. The number of halogens is 2. The highest BCUT2D eigenvalue weighted by atomic mass is 79.9. The quantitative estimate of drug-likeness (QED) is 0.510. The minimum atomic E-state index is -0.926. The lowest BCUT2D eigenvalue weighted by atomic mass is 9.90. The lowest BCUT2D eigenvalue weighted by molar-refractivity contribution is -0.143. The first-order valence-electron chi connectivity index (χ1n) is 9.90. The standard InChI is InChI=1S/C24H18BrFN2O3/c25-18-13-16(11-12-19(18)26)21-20-22(31-28(21)17-9-5-2-6-10-17)24(30)27(23(20)29)14-15-7-3-1-4-8-15/h1-13,20-22H,14H2/t20-,21-,22+/m1/s1. The minimum absolute atomic E-state index is 0.194. The van der Waals surface area contributed by atoms with Gasteiger partial charge in [-0.25, -0.2) is 9.45 Å². The Morgan fingerprint density at radius 1 is 0.903 bits per heavy atom. The largest absolute Gasteiger partial charge is 0.275 e. The Balaban J connectivity index is 1.54. The second-order valence-electron chi connectivity index (χ2n) is 7.58. The molecule has 0 N–H and O–H groups in total. The smallest absolute Gasteiger partial charge is 0.262 e. The van der Waals surface area contributed by atoms with Crippen LogP contribution in [0.3, 0.4) is 0 Å². The fourth-order valence-corrected chi connectivity index (χ4v) is 4.62. The molecule has 0 radical (unpaired) electrons. The van der Waals surface area contributed by atoms with E-state index in [1.54, 1.807) is 17.2 Å².